The maximum Gasteiger partial charge on any atom is 0.355 e. The van der Waals surface area contributed by atoms with Gasteiger partial charge in [-0.15, -0.1) is 12.6 Å². The minimum absolute atomic E-state index is 0.0103. The Morgan fingerprint density at radius 2 is 2.08 bits per heavy atom. The lowest BCUT2D eigenvalue weighted by molar-refractivity contribution is -0.136. The second kappa shape index (κ2) is 8.89. The van der Waals surface area contributed by atoms with Crippen molar-refractivity contribution in [1.82, 2.24) is 5.32 Å². The topological polar surface area (TPSA) is 38.3 Å². The van der Waals surface area contributed by atoms with Gasteiger partial charge in [-0.25, -0.2) is 4.79 Å². The summed E-state index contributed by atoms with van der Waals surface area (Å²) >= 11 is 4.51. The van der Waals surface area contributed by atoms with Crippen molar-refractivity contribution in [3.05, 3.63) is 45.4 Å². The fourth-order valence-electron chi connectivity index (χ4n) is 1.79. The van der Waals surface area contributed by atoms with Gasteiger partial charge in [0.1, 0.15) is 13.5 Å². The Morgan fingerprint density at radius 1 is 1.42 bits per heavy atom. The van der Waals surface area contributed by atoms with Gasteiger partial charge in [0.05, 0.1) is 7.11 Å². The zero-order valence-electron chi connectivity index (χ0n) is 15.0. The van der Waals surface area contributed by atoms with Gasteiger partial charge < -0.3 is 10.1 Å². The third kappa shape index (κ3) is 6.37. The lowest BCUT2D eigenvalue weighted by Crippen LogP contribution is -2.25. The zero-order valence-corrected chi connectivity index (χ0v) is 15.9. The number of carbonyl (C=O) groups is 1. The molecule has 0 aromatic rings. The van der Waals surface area contributed by atoms with E-state index in [4.69, 9.17) is 12.6 Å². The highest BCUT2D eigenvalue weighted by Crippen LogP contribution is 2.27. The van der Waals surface area contributed by atoms with Crippen LogP contribution in [0, 0.1) is 17.3 Å². The number of hydrogen-bond donors (Lipinski definition) is 2. The molecule has 1 N–H and O–H groups in total. The number of hydrogen-bond acceptors (Lipinski definition) is 4. The molecule has 0 unspecified atom stereocenters. The van der Waals surface area contributed by atoms with E-state index < -0.39 is 5.97 Å². The van der Waals surface area contributed by atoms with Gasteiger partial charge in [0, 0.05) is 18.5 Å². The molecule has 0 amide bonds. The van der Waals surface area contributed by atoms with Crippen LogP contribution in [0.3, 0.4) is 0 Å². The Hall–Kier alpha value is -1.80. The van der Waals surface area contributed by atoms with Crippen molar-refractivity contribution in [2.75, 3.05) is 13.7 Å². The van der Waals surface area contributed by atoms with Crippen LogP contribution >= 0.6 is 12.6 Å². The quantitative estimate of drug-likeness (QED) is 0.201. The number of nitrogens with one attached hydrogen (secondary N) is 1. The average molecular weight is 341 g/mol. The molecule has 1 aliphatic rings. The fourth-order valence-corrected chi connectivity index (χ4v) is 1.86. The van der Waals surface area contributed by atoms with E-state index in [-0.39, 0.29) is 5.41 Å². The second-order valence-electron chi connectivity index (χ2n) is 6.63. The number of rotatable bonds is 5. The Kier molecular flexibility index (Phi) is 7.50. The van der Waals surface area contributed by atoms with E-state index in [0.717, 1.165) is 10.5 Å². The molecule has 3 nitrogen and oxygen atoms in total. The molecule has 0 saturated heterocycles. The molecule has 0 fully saturated rings. The number of thiol groups is 1. The second-order valence-corrected chi connectivity index (χ2v) is 7.11. The lowest BCUT2D eigenvalue weighted by Gasteiger charge is -2.18. The van der Waals surface area contributed by atoms with Gasteiger partial charge in [-0.1, -0.05) is 61.9 Å². The summed E-state index contributed by atoms with van der Waals surface area (Å²) in [6.07, 6.45) is 6.28. The van der Waals surface area contributed by atoms with E-state index >= 15 is 0 Å². The highest BCUT2D eigenvalue weighted by Gasteiger charge is 2.16. The first-order valence-corrected chi connectivity index (χ1v) is 8.19. The standard InChI is InChI=1S/C19H24BNO2S/c1-13(6-11-16(24)19(2,3)4)12-21-17(18(22)23-5)14-7-9-15(20)10-8-14/h6,9,11,21,24H,7,12H2,1-5H3/b13-6+,16-11-,17-14+. The molecule has 0 aliphatic heterocycles. The minimum atomic E-state index is -0.430. The number of carbonyl (C=O) groups excluding carboxylic acids is 1. The van der Waals surface area contributed by atoms with Gasteiger partial charge in [-0.05, 0) is 17.2 Å². The van der Waals surface area contributed by atoms with Gasteiger partial charge >= 0.3 is 5.97 Å². The molecule has 1 aliphatic carbocycles. The van der Waals surface area contributed by atoms with E-state index in [1.165, 1.54) is 7.11 Å². The molecule has 24 heavy (non-hydrogen) atoms. The molecule has 0 saturated carbocycles. The van der Waals surface area contributed by atoms with Crippen LogP contribution in [0.2, 0.25) is 0 Å². The molecule has 2 radical (unpaired) electrons. The predicted octanol–water partition coefficient (Wildman–Crippen LogP) is 3.27. The maximum absolute atomic E-state index is 12.0. The van der Waals surface area contributed by atoms with Crippen LogP contribution in [0.1, 0.15) is 34.1 Å². The first-order valence-electron chi connectivity index (χ1n) is 7.75. The van der Waals surface area contributed by atoms with Crippen LogP contribution in [0.4, 0.5) is 0 Å². The number of ether oxygens (including phenoxy) is 1. The molecule has 0 aromatic heterocycles. The maximum atomic E-state index is 12.0. The molecule has 5 heteroatoms. The number of allylic oxidation sites excluding steroid dienone is 6. The van der Waals surface area contributed by atoms with Gasteiger partial charge in [0.15, 0.2) is 0 Å². The van der Waals surface area contributed by atoms with Crippen LogP contribution in [0.25, 0.3) is 0 Å². The van der Waals surface area contributed by atoms with E-state index in [1.54, 1.807) is 6.08 Å². The monoisotopic (exact) mass is 341 g/mol. The van der Waals surface area contributed by atoms with Crippen LogP contribution in [0.5, 0.6) is 0 Å². The van der Waals surface area contributed by atoms with Gasteiger partial charge in [0.25, 0.3) is 0 Å². The summed E-state index contributed by atoms with van der Waals surface area (Å²) in [7, 11) is 6.99. The summed E-state index contributed by atoms with van der Waals surface area (Å²) in [5.41, 5.74) is 2.66. The normalized spacial score (nSPS) is 17.5. The van der Waals surface area contributed by atoms with Crippen molar-refractivity contribution in [3.63, 3.8) is 0 Å². The third-order valence-electron chi connectivity index (χ3n) is 3.41. The molecule has 0 spiro atoms. The Balaban J connectivity index is 2.88. The summed E-state index contributed by atoms with van der Waals surface area (Å²) in [6, 6.07) is 0. The van der Waals surface area contributed by atoms with Crippen LogP contribution < -0.4 is 5.32 Å². The fraction of sp³-hybridized carbons (Fsp3) is 0.421. The summed E-state index contributed by atoms with van der Waals surface area (Å²) < 4.78 is 4.84. The first-order chi connectivity index (χ1) is 11.1. The van der Waals surface area contributed by atoms with Crippen LogP contribution in [0.15, 0.2) is 45.4 Å². The van der Waals surface area contributed by atoms with Crippen molar-refractivity contribution in [2.45, 2.75) is 34.1 Å². The molecule has 0 heterocycles. The van der Waals surface area contributed by atoms with Crippen LogP contribution in [-0.4, -0.2) is 27.5 Å². The Bertz CT molecular complexity index is 682. The summed E-state index contributed by atoms with van der Waals surface area (Å²) in [5, 5.41) is 3.13. The van der Waals surface area contributed by atoms with Crippen molar-refractivity contribution in [2.24, 2.45) is 5.41 Å². The third-order valence-corrected chi connectivity index (χ3v) is 4.23. The average Bonchev–Trinajstić information content (AvgIpc) is 2.53. The van der Waals surface area contributed by atoms with Crippen molar-refractivity contribution >= 4 is 26.4 Å². The number of esters is 1. The van der Waals surface area contributed by atoms with E-state index in [1.807, 2.05) is 19.1 Å². The summed E-state index contributed by atoms with van der Waals surface area (Å²) in [5.74, 6) is 5.26. The summed E-state index contributed by atoms with van der Waals surface area (Å²) in [6.45, 7) is 8.81. The molecule has 0 bridgehead atoms. The molecule has 0 atom stereocenters. The minimum Gasteiger partial charge on any atom is -0.464 e. The van der Waals surface area contributed by atoms with Gasteiger partial charge in [-0.2, -0.15) is 0 Å². The summed E-state index contributed by atoms with van der Waals surface area (Å²) in [4.78, 5) is 13.0. The first kappa shape index (κ1) is 20.2. The largest absolute Gasteiger partial charge is 0.464 e. The predicted molar refractivity (Wildman–Crippen MR) is 104 cm³/mol. The Morgan fingerprint density at radius 3 is 2.58 bits per heavy atom. The van der Waals surface area contributed by atoms with Crippen molar-refractivity contribution in [3.8, 4) is 11.8 Å². The van der Waals surface area contributed by atoms with E-state index in [0.29, 0.717) is 29.7 Å². The SMILES string of the molecule is [B]C1=CC/C(=C(\NC/C(C)=C/C=C(\S)C(C)(C)C)C(=O)OC)C#C1. The van der Waals surface area contributed by atoms with Crippen LogP contribution in [-0.2, 0) is 9.53 Å². The molecule has 1 rings (SSSR count). The smallest absolute Gasteiger partial charge is 0.355 e. The Labute approximate surface area is 152 Å². The van der Waals surface area contributed by atoms with Gasteiger partial charge in [0.2, 0.25) is 0 Å². The molecular formula is C19H24BNO2S. The van der Waals surface area contributed by atoms with E-state index in [9.17, 15) is 4.79 Å². The molecule has 126 valence electrons. The molecular weight excluding hydrogens is 317 g/mol. The zero-order chi connectivity index (χ0) is 18.3. The highest BCUT2D eigenvalue weighted by atomic mass is 32.1. The molecule has 0 aromatic carbocycles. The van der Waals surface area contributed by atoms with Crippen molar-refractivity contribution < 1.29 is 9.53 Å². The van der Waals surface area contributed by atoms with Crippen molar-refractivity contribution in [1.29, 1.82) is 0 Å². The highest BCUT2D eigenvalue weighted by molar-refractivity contribution is 7.84. The van der Waals surface area contributed by atoms with E-state index in [2.05, 4.69) is 50.6 Å². The lowest BCUT2D eigenvalue weighted by atomic mass is 9.90. The van der Waals surface area contributed by atoms with Gasteiger partial charge in [-0.3, -0.25) is 0 Å². The number of methoxy groups -OCH3 is 1.